The highest BCUT2D eigenvalue weighted by Gasteiger charge is 2.12. The van der Waals surface area contributed by atoms with Gasteiger partial charge in [0.15, 0.2) is 23.0 Å². The van der Waals surface area contributed by atoms with Crippen molar-refractivity contribution in [2.45, 2.75) is 40.5 Å². The first-order valence-corrected chi connectivity index (χ1v) is 10.3. The first kappa shape index (κ1) is 22.9. The van der Waals surface area contributed by atoms with Gasteiger partial charge < -0.3 is 20.4 Å². The molecular formula is C26H30O4. The number of phenolic OH excluding ortho intramolecular Hbond substituents is 4. The molecule has 0 unspecified atom stereocenters. The summed E-state index contributed by atoms with van der Waals surface area (Å²) >= 11 is 0. The van der Waals surface area contributed by atoms with E-state index in [9.17, 15) is 20.4 Å². The Morgan fingerprint density at radius 1 is 0.500 bits per heavy atom. The number of phenols is 4. The Bertz CT molecular complexity index is 1040. The SMILES string of the molecule is CCC.CCC.Oc1cc2cccc(-c3cccc4cc(O)c(O)cc34)c2cc1O. The summed E-state index contributed by atoms with van der Waals surface area (Å²) in [6, 6.07) is 17.4. The van der Waals surface area contributed by atoms with E-state index >= 15 is 0 Å². The average molecular weight is 407 g/mol. The van der Waals surface area contributed by atoms with Crippen molar-refractivity contribution in [1.82, 2.24) is 0 Å². The second kappa shape index (κ2) is 10.4. The van der Waals surface area contributed by atoms with Crippen LogP contribution in [0, 0.1) is 0 Å². The first-order chi connectivity index (χ1) is 14.4. The molecule has 0 bridgehead atoms. The van der Waals surface area contributed by atoms with Gasteiger partial charge in [0.2, 0.25) is 0 Å². The second-order valence-electron chi connectivity index (χ2n) is 7.15. The lowest BCUT2D eigenvalue weighted by atomic mass is 9.93. The van der Waals surface area contributed by atoms with Crippen LogP contribution < -0.4 is 0 Å². The third kappa shape index (κ3) is 4.95. The maximum absolute atomic E-state index is 9.86. The zero-order chi connectivity index (χ0) is 22.3. The van der Waals surface area contributed by atoms with Crippen LogP contribution in [0.4, 0.5) is 0 Å². The zero-order valence-electron chi connectivity index (χ0n) is 18.0. The largest absolute Gasteiger partial charge is 0.504 e. The maximum atomic E-state index is 9.86. The van der Waals surface area contributed by atoms with E-state index in [-0.39, 0.29) is 23.0 Å². The van der Waals surface area contributed by atoms with Crippen LogP contribution in [0.25, 0.3) is 32.7 Å². The second-order valence-corrected chi connectivity index (χ2v) is 7.15. The van der Waals surface area contributed by atoms with Crippen LogP contribution in [-0.2, 0) is 0 Å². The summed E-state index contributed by atoms with van der Waals surface area (Å²) in [6.45, 7) is 8.50. The number of hydrogen-bond acceptors (Lipinski definition) is 4. The summed E-state index contributed by atoms with van der Waals surface area (Å²) in [5.41, 5.74) is 1.72. The van der Waals surface area contributed by atoms with Gasteiger partial charge in [-0.1, -0.05) is 76.9 Å². The van der Waals surface area contributed by atoms with Gasteiger partial charge in [-0.3, -0.25) is 0 Å². The Morgan fingerprint density at radius 2 is 0.800 bits per heavy atom. The molecule has 0 radical (unpaired) electrons. The van der Waals surface area contributed by atoms with Crippen LogP contribution >= 0.6 is 0 Å². The lowest BCUT2D eigenvalue weighted by Gasteiger charge is -2.12. The molecular weight excluding hydrogens is 376 g/mol. The molecule has 4 heteroatoms. The summed E-state index contributed by atoms with van der Waals surface area (Å²) < 4.78 is 0. The summed E-state index contributed by atoms with van der Waals surface area (Å²) in [5, 5.41) is 42.3. The van der Waals surface area contributed by atoms with Crippen LogP contribution in [0.5, 0.6) is 23.0 Å². The highest BCUT2D eigenvalue weighted by atomic mass is 16.3. The number of hydrogen-bond donors (Lipinski definition) is 4. The summed E-state index contributed by atoms with van der Waals surface area (Å²) in [5.74, 6) is -0.702. The fourth-order valence-corrected chi connectivity index (χ4v) is 3.07. The zero-order valence-corrected chi connectivity index (χ0v) is 18.0. The fourth-order valence-electron chi connectivity index (χ4n) is 3.07. The van der Waals surface area contributed by atoms with Crippen molar-refractivity contribution in [2.75, 3.05) is 0 Å². The van der Waals surface area contributed by atoms with E-state index in [2.05, 4.69) is 27.7 Å². The Morgan fingerprint density at radius 3 is 1.13 bits per heavy atom. The molecule has 30 heavy (non-hydrogen) atoms. The molecule has 4 nitrogen and oxygen atoms in total. The van der Waals surface area contributed by atoms with Crippen molar-refractivity contribution in [3.05, 3.63) is 60.7 Å². The molecule has 158 valence electrons. The van der Waals surface area contributed by atoms with Crippen LogP contribution in [0.3, 0.4) is 0 Å². The smallest absolute Gasteiger partial charge is 0.158 e. The topological polar surface area (TPSA) is 80.9 Å². The summed E-state index contributed by atoms with van der Waals surface area (Å²) in [4.78, 5) is 0. The lowest BCUT2D eigenvalue weighted by Crippen LogP contribution is -1.85. The molecule has 0 saturated heterocycles. The van der Waals surface area contributed by atoms with Crippen molar-refractivity contribution < 1.29 is 20.4 Å². The Hall–Kier alpha value is -3.40. The first-order valence-electron chi connectivity index (χ1n) is 10.3. The Labute approximate surface area is 177 Å². The number of aromatic hydroxyl groups is 4. The van der Waals surface area contributed by atoms with E-state index in [1.54, 1.807) is 0 Å². The summed E-state index contributed by atoms with van der Waals surface area (Å²) in [7, 11) is 0. The highest BCUT2D eigenvalue weighted by Crippen LogP contribution is 2.40. The molecule has 0 fully saturated rings. The summed E-state index contributed by atoms with van der Waals surface area (Å²) in [6.07, 6.45) is 2.50. The molecule has 0 aliphatic heterocycles. The van der Waals surface area contributed by atoms with Crippen molar-refractivity contribution in [3.63, 3.8) is 0 Å². The molecule has 4 aromatic carbocycles. The van der Waals surface area contributed by atoms with Gasteiger partial charge in [0.1, 0.15) is 0 Å². The van der Waals surface area contributed by atoms with Crippen LogP contribution in [-0.4, -0.2) is 20.4 Å². The molecule has 0 aromatic heterocycles. The van der Waals surface area contributed by atoms with E-state index in [4.69, 9.17) is 0 Å². The standard InChI is InChI=1S/C20H14O4.2C3H8/c21-17-7-11-3-1-5-13(15(11)9-19(17)23)14-6-2-4-12-8-18(22)20(24)10-16(12)14;2*1-3-2/h1-10,21-24H;2*3H2,1-2H3. The molecule has 0 heterocycles. The number of benzene rings is 4. The van der Waals surface area contributed by atoms with Crippen LogP contribution in [0.2, 0.25) is 0 Å². The van der Waals surface area contributed by atoms with Gasteiger partial charge in [0.25, 0.3) is 0 Å². The molecule has 0 aliphatic carbocycles. The molecule has 0 amide bonds. The molecule has 0 saturated carbocycles. The van der Waals surface area contributed by atoms with Gasteiger partial charge in [-0.05, 0) is 56.9 Å². The van der Waals surface area contributed by atoms with E-state index in [0.29, 0.717) is 0 Å². The van der Waals surface area contributed by atoms with Gasteiger partial charge in [0, 0.05) is 0 Å². The fraction of sp³-hybridized carbons (Fsp3) is 0.231. The molecule has 4 aromatic rings. The minimum Gasteiger partial charge on any atom is -0.504 e. The van der Waals surface area contributed by atoms with Gasteiger partial charge in [-0.25, -0.2) is 0 Å². The predicted octanol–water partition coefficient (Wildman–Crippen LogP) is 7.32. The van der Waals surface area contributed by atoms with Gasteiger partial charge in [-0.2, -0.15) is 0 Å². The maximum Gasteiger partial charge on any atom is 0.158 e. The minimum atomic E-state index is -0.185. The normalized spacial score (nSPS) is 10.1. The highest BCUT2D eigenvalue weighted by molar-refractivity contribution is 6.06. The third-order valence-electron chi connectivity index (χ3n) is 4.24. The quantitative estimate of drug-likeness (QED) is 0.250. The van der Waals surface area contributed by atoms with Crippen molar-refractivity contribution in [1.29, 1.82) is 0 Å². The molecule has 0 aliphatic rings. The lowest BCUT2D eigenvalue weighted by molar-refractivity contribution is 0.405. The van der Waals surface area contributed by atoms with Gasteiger partial charge in [0.05, 0.1) is 0 Å². The van der Waals surface area contributed by atoms with Crippen molar-refractivity contribution >= 4 is 21.5 Å². The van der Waals surface area contributed by atoms with Crippen LogP contribution in [0.1, 0.15) is 40.5 Å². The van der Waals surface area contributed by atoms with Gasteiger partial charge in [-0.15, -0.1) is 0 Å². The molecule has 4 rings (SSSR count). The third-order valence-corrected chi connectivity index (χ3v) is 4.24. The predicted molar refractivity (Wildman–Crippen MR) is 125 cm³/mol. The minimum absolute atomic E-state index is 0.167. The Balaban J connectivity index is 0.000000480. The number of fused-ring (bicyclic) bond motifs is 2. The van der Waals surface area contributed by atoms with Crippen molar-refractivity contribution in [2.24, 2.45) is 0 Å². The van der Waals surface area contributed by atoms with E-state index in [1.165, 1.54) is 37.1 Å². The molecule has 4 N–H and O–H groups in total. The average Bonchev–Trinajstić information content (AvgIpc) is 2.70. The molecule has 0 atom stereocenters. The van der Waals surface area contributed by atoms with E-state index in [0.717, 1.165) is 32.7 Å². The number of rotatable bonds is 1. The van der Waals surface area contributed by atoms with Gasteiger partial charge >= 0.3 is 0 Å². The van der Waals surface area contributed by atoms with E-state index < -0.39 is 0 Å². The molecule has 0 spiro atoms. The monoisotopic (exact) mass is 406 g/mol. The Kier molecular flexibility index (Phi) is 7.93. The van der Waals surface area contributed by atoms with E-state index in [1.807, 2.05) is 36.4 Å². The van der Waals surface area contributed by atoms with Crippen LogP contribution in [0.15, 0.2) is 60.7 Å². The van der Waals surface area contributed by atoms with Crippen molar-refractivity contribution in [3.8, 4) is 34.1 Å².